The van der Waals surface area contributed by atoms with Crippen molar-refractivity contribution >= 4 is 22.6 Å². The number of nitrogens with zero attached hydrogens (tertiary/aromatic N) is 1. The van der Waals surface area contributed by atoms with Gasteiger partial charge in [-0.25, -0.2) is 4.79 Å². The first-order chi connectivity index (χ1) is 10.5. The van der Waals surface area contributed by atoms with Crippen LogP contribution in [0.4, 0.5) is 0 Å². The number of carboxylic acids is 1. The van der Waals surface area contributed by atoms with Crippen LogP contribution in [0.1, 0.15) is 17.3 Å². The molecule has 2 aromatic carbocycles. The number of ether oxygens (including phenoxy) is 1. The Morgan fingerprint density at radius 2 is 1.86 bits per heavy atom. The standard InChI is InChI=1S/C17H17NO4/c1-11-9-18(10-15(22-11)17(20)21)16(19)14-7-6-12-4-2-3-5-13(12)8-14/h2-8,11,15H,9-10H2,1H3,(H,20,21)/t11-,15?/m1/s1. The van der Waals surface area contributed by atoms with Crippen molar-refractivity contribution < 1.29 is 19.4 Å². The molecule has 0 aliphatic carbocycles. The maximum absolute atomic E-state index is 12.6. The number of carboxylic acid groups (broad SMARTS) is 1. The van der Waals surface area contributed by atoms with E-state index < -0.39 is 12.1 Å². The summed E-state index contributed by atoms with van der Waals surface area (Å²) in [7, 11) is 0. The molecule has 2 aromatic rings. The SMILES string of the molecule is C[C@@H]1CN(C(=O)c2ccc3ccccc3c2)CC(C(=O)O)O1. The van der Waals surface area contributed by atoms with Crippen LogP contribution in [0.15, 0.2) is 42.5 Å². The van der Waals surface area contributed by atoms with Crippen LogP contribution in [-0.4, -0.2) is 47.2 Å². The van der Waals surface area contributed by atoms with Crippen molar-refractivity contribution in [1.29, 1.82) is 0 Å². The van der Waals surface area contributed by atoms with Crippen LogP contribution in [0.5, 0.6) is 0 Å². The van der Waals surface area contributed by atoms with Gasteiger partial charge in [0.25, 0.3) is 5.91 Å². The van der Waals surface area contributed by atoms with Crippen LogP contribution in [-0.2, 0) is 9.53 Å². The average molecular weight is 299 g/mol. The smallest absolute Gasteiger partial charge is 0.334 e. The number of hydrogen-bond acceptors (Lipinski definition) is 3. The monoisotopic (exact) mass is 299 g/mol. The van der Waals surface area contributed by atoms with Crippen LogP contribution < -0.4 is 0 Å². The molecule has 1 N–H and O–H groups in total. The molecule has 1 unspecified atom stereocenters. The molecule has 3 rings (SSSR count). The maximum atomic E-state index is 12.6. The zero-order valence-electron chi connectivity index (χ0n) is 12.2. The van der Waals surface area contributed by atoms with Crippen LogP contribution in [0.3, 0.4) is 0 Å². The lowest BCUT2D eigenvalue weighted by Gasteiger charge is -2.35. The van der Waals surface area contributed by atoms with E-state index in [1.807, 2.05) is 36.4 Å². The van der Waals surface area contributed by atoms with E-state index in [2.05, 4.69) is 0 Å². The van der Waals surface area contributed by atoms with Gasteiger partial charge in [0.2, 0.25) is 0 Å². The lowest BCUT2D eigenvalue weighted by molar-refractivity contribution is -0.160. The molecule has 1 heterocycles. The van der Waals surface area contributed by atoms with Gasteiger partial charge in [0.15, 0.2) is 6.10 Å². The molecule has 1 aliphatic rings. The van der Waals surface area contributed by atoms with Crippen molar-refractivity contribution in [3.63, 3.8) is 0 Å². The number of aliphatic carboxylic acids is 1. The van der Waals surface area contributed by atoms with Gasteiger partial charge < -0.3 is 14.7 Å². The molecular weight excluding hydrogens is 282 g/mol. The van der Waals surface area contributed by atoms with Gasteiger partial charge in [-0.15, -0.1) is 0 Å². The molecule has 1 amide bonds. The highest BCUT2D eigenvalue weighted by Gasteiger charge is 2.32. The van der Waals surface area contributed by atoms with Gasteiger partial charge in [-0.3, -0.25) is 4.79 Å². The highest BCUT2D eigenvalue weighted by Crippen LogP contribution is 2.19. The van der Waals surface area contributed by atoms with Crippen molar-refractivity contribution in [2.45, 2.75) is 19.1 Å². The molecule has 1 fully saturated rings. The van der Waals surface area contributed by atoms with Crippen LogP contribution >= 0.6 is 0 Å². The fraction of sp³-hybridized carbons (Fsp3) is 0.294. The number of hydrogen-bond donors (Lipinski definition) is 1. The zero-order valence-corrected chi connectivity index (χ0v) is 12.2. The molecule has 5 nitrogen and oxygen atoms in total. The van der Waals surface area contributed by atoms with Gasteiger partial charge in [0.1, 0.15) is 0 Å². The topological polar surface area (TPSA) is 66.8 Å². The minimum Gasteiger partial charge on any atom is -0.479 e. The predicted octanol–water partition coefficient (Wildman–Crippen LogP) is 2.15. The second-order valence-electron chi connectivity index (χ2n) is 5.55. The molecule has 0 spiro atoms. The first kappa shape index (κ1) is 14.5. The normalized spacial score (nSPS) is 21.8. The Morgan fingerprint density at radius 3 is 2.59 bits per heavy atom. The fourth-order valence-electron chi connectivity index (χ4n) is 2.76. The maximum Gasteiger partial charge on any atom is 0.334 e. The summed E-state index contributed by atoms with van der Waals surface area (Å²) in [4.78, 5) is 25.3. The van der Waals surface area contributed by atoms with E-state index in [0.717, 1.165) is 10.8 Å². The predicted molar refractivity (Wildman–Crippen MR) is 81.8 cm³/mol. The molecule has 0 bridgehead atoms. The van der Waals surface area contributed by atoms with E-state index in [-0.39, 0.29) is 18.6 Å². The third-order valence-electron chi connectivity index (χ3n) is 3.82. The van der Waals surface area contributed by atoms with E-state index in [1.165, 1.54) is 0 Å². The Hall–Kier alpha value is -2.40. The van der Waals surface area contributed by atoms with Gasteiger partial charge in [-0.2, -0.15) is 0 Å². The summed E-state index contributed by atoms with van der Waals surface area (Å²) in [6.07, 6.45) is -1.26. The summed E-state index contributed by atoms with van der Waals surface area (Å²) in [6.45, 7) is 2.25. The van der Waals surface area contributed by atoms with Gasteiger partial charge in [-0.05, 0) is 29.8 Å². The first-order valence-electron chi connectivity index (χ1n) is 7.21. The summed E-state index contributed by atoms with van der Waals surface area (Å²) in [5.74, 6) is -1.20. The zero-order chi connectivity index (χ0) is 15.7. The summed E-state index contributed by atoms with van der Waals surface area (Å²) >= 11 is 0. The number of morpholine rings is 1. The lowest BCUT2D eigenvalue weighted by Crippen LogP contribution is -2.51. The molecule has 0 aromatic heterocycles. The second kappa shape index (κ2) is 5.77. The number of benzene rings is 2. The Kier molecular flexibility index (Phi) is 3.81. The minimum atomic E-state index is -1.04. The molecule has 1 saturated heterocycles. The van der Waals surface area contributed by atoms with E-state index in [4.69, 9.17) is 9.84 Å². The molecular formula is C17H17NO4. The first-order valence-corrected chi connectivity index (χ1v) is 7.21. The van der Waals surface area contributed by atoms with Gasteiger partial charge in [0, 0.05) is 12.1 Å². The highest BCUT2D eigenvalue weighted by atomic mass is 16.5. The van der Waals surface area contributed by atoms with Crippen molar-refractivity contribution in [1.82, 2.24) is 4.90 Å². The highest BCUT2D eigenvalue weighted by molar-refractivity contribution is 5.98. The summed E-state index contributed by atoms with van der Waals surface area (Å²) in [5, 5.41) is 11.2. The molecule has 114 valence electrons. The molecule has 0 saturated carbocycles. The summed E-state index contributed by atoms with van der Waals surface area (Å²) in [5.41, 5.74) is 0.567. The van der Waals surface area contributed by atoms with Crippen molar-refractivity contribution in [3.8, 4) is 0 Å². The van der Waals surface area contributed by atoms with Gasteiger partial charge in [0.05, 0.1) is 12.6 Å². The molecule has 22 heavy (non-hydrogen) atoms. The molecule has 2 atom stereocenters. The van der Waals surface area contributed by atoms with Gasteiger partial charge in [-0.1, -0.05) is 30.3 Å². The second-order valence-corrected chi connectivity index (χ2v) is 5.55. The third kappa shape index (κ3) is 2.80. The Labute approximate surface area is 128 Å². The minimum absolute atomic E-state index is 0.0747. The summed E-state index contributed by atoms with van der Waals surface area (Å²) in [6, 6.07) is 13.3. The number of rotatable bonds is 2. The van der Waals surface area contributed by atoms with Crippen molar-refractivity contribution in [2.75, 3.05) is 13.1 Å². The van der Waals surface area contributed by atoms with E-state index >= 15 is 0 Å². The number of carbonyl (C=O) groups is 2. The van der Waals surface area contributed by atoms with Gasteiger partial charge >= 0.3 is 5.97 Å². The largest absolute Gasteiger partial charge is 0.479 e. The third-order valence-corrected chi connectivity index (χ3v) is 3.82. The number of fused-ring (bicyclic) bond motifs is 1. The lowest BCUT2D eigenvalue weighted by atomic mass is 10.1. The van der Waals surface area contributed by atoms with E-state index in [0.29, 0.717) is 12.1 Å². The number of carbonyl (C=O) groups excluding carboxylic acids is 1. The Bertz CT molecular complexity index is 727. The van der Waals surface area contributed by atoms with E-state index in [1.54, 1.807) is 17.9 Å². The molecule has 1 aliphatic heterocycles. The quantitative estimate of drug-likeness (QED) is 0.922. The van der Waals surface area contributed by atoms with Crippen LogP contribution in [0.25, 0.3) is 10.8 Å². The molecule has 0 radical (unpaired) electrons. The molecule has 5 heteroatoms. The average Bonchev–Trinajstić information content (AvgIpc) is 2.53. The van der Waals surface area contributed by atoms with Crippen molar-refractivity contribution in [2.24, 2.45) is 0 Å². The Morgan fingerprint density at radius 1 is 1.14 bits per heavy atom. The Balaban J connectivity index is 1.86. The van der Waals surface area contributed by atoms with Crippen molar-refractivity contribution in [3.05, 3.63) is 48.0 Å². The van der Waals surface area contributed by atoms with Crippen LogP contribution in [0, 0.1) is 0 Å². The number of amides is 1. The summed E-state index contributed by atoms with van der Waals surface area (Å²) < 4.78 is 5.34. The fourth-order valence-corrected chi connectivity index (χ4v) is 2.76. The van der Waals surface area contributed by atoms with Crippen LogP contribution in [0.2, 0.25) is 0 Å². The van der Waals surface area contributed by atoms with E-state index in [9.17, 15) is 9.59 Å².